The maximum atomic E-state index is 5.15. The number of nitrogens with one attached hydrogen (secondary N) is 1. The van der Waals surface area contributed by atoms with Crippen molar-refractivity contribution in [3.05, 3.63) is 0 Å². The molecule has 1 aliphatic rings. The summed E-state index contributed by atoms with van der Waals surface area (Å²) in [4.78, 5) is 2.48. The highest BCUT2D eigenvalue weighted by Gasteiger charge is 2.32. The predicted octanol–water partition coefficient (Wildman–Crippen LogP) is 1.73. The molecule has 16 heavy (non-hydrogen) atoms. The van der Waals surface area contributed by atoms with Crippen LogP contribution in [-0.4, -0.2) is 50.8 Å². The second-order valence-electron chi connectivity index (χ2n) is 5.48. The van der Waals surface area contributed by atoms with E-state index in [1.54, 1.807) is 7.11 Å². The highest BCUT2D eigenvalue weighted by Crippen LogP contribution is 2.30. The lowest BCUT2D eigenvalue weighted by Crippen LogP contribution is -2.53. The van der Waals surface area contributed by atoms with Crippen LogP contribution >= 0.6 is 0 Å². The fourth-order valence-corrected chi connectivity index (χ4v) is 2.44. The summed E-state index contributed by atoms with van der Waals surface area (Å²) < 4.78 is 5.15. The number of hydrogen-bond acceptors (Lipinski definition) is 3. The van der Waals surface area contributed by atoms with Gasteiger partial charge in [-0.15, -0.1) is 0 Å². The standard InChI is InChI=1S/C13H28N2O/c1-5-15(9-10-16-4)11-12-13(2,3)7-6-8-14-12/h12,14H,5-11H2,1-4H3. The van der Waals surface area contributed by atoms with Gasteiger partial charge in [0.05, 0.1) is 6.61 Å². The van der Waals surface area contributed by atoms with Gasteiger partial charge in [0.25, 0.3) is 0 Å². The van der Waals surface area contributed by atoms with E-state index in [-0.39, 0.29) is 0 Å². The van der Waals surface area contributed by atoms with E-state index in [0.717, 1.165) is 26.2 Å². The Morgan fingerprint density at radius 3 is 2.75 bits per heavy atom. The van der Waals surface area contributed by atoms with Crippen LogP contribution in [0.15, 0.2) is 0 Å². The average Bonchev–Trinajstić information content (AvgIpc) is 2.26. The Balaban J connectivity index is 2.42. The summed E-state index contributed by atoms with van der Waals surface area (Å²) in [7, 11) is 1.77. The average molecular weight is 228 g/mol. The Bertz CT molecular complexity index is 194. The Morgan fingerprint density at radius 1 is 1.44 bits per heavy atom. The number of likely N-dealkylation sites (N-methyl/N-ethyl adjacent to an activating group) is 1. The maximum absolute atomic E-state index is 5.15. The van der Waals surface area contributed by atoms with Crippen LogP contribution in [0.25, 0.3) is 0 Å². The monoisotopic (exact) mass is 228 g/mol. The predicted molar refractivity (Wildman–Crippen MR) is 68.8 cm³/mol. The van der Waals surface area contributed by atoms with Gasteiger partial charge in [0.1, 0.15) is 0 Å². The minimum atomic E-state index is 0.429. The second kappa shape index (κ2) is 6.58. The lowest BCUT2D eigenvalue weighted by atomic mass is 9.77. The minimum absolute atomic E-state index is 0.429. The molecule has 1 N–H and O–H groups in total. The van der Waals surface area contributed by atoms with Crippen molar-refractivity contribution < 1.29 is 4.74 Å². The largest absolute Gasteiger partial charge is 0.383 e. The Hall–Kier alpha value is -0.120. The molecule has 1 rings (SSSR count). The number of nitrogens with zero attached hydrogens (tertiary/aromatic N) is 1. The summed E-state index contributed by atoms with van der Waals surface area (Å²) in [6, 6.07) is 0.623. The van der Waals surface area contributed by atoms with Gasteiger partial charge in [-0.3, -0.25) is 4.90 Å². The van der Waals surface area contributed by atoms with Crippen molar-refractivity contribution in [2.24, 2.45) is 5.41 Å². The number of hydrogen-bond donors (Lipinski definition) is 1. The molecule has 1 saturated heterocycles. The van der Waals surface area contributed by atoms with Crippen LogP contribution in [0, 0.1) is 5.41 Å². The number of piperidine rings is 1. The Labute approximate surface area is 101 Å². The van der Waals surface area contributed by atoms with Gasteiger partial charge in [-0.1, -0.05) is 20.8 Å². The molecule has 0 aromatic heterocycles. The van der Waals surface area contributed by atoms with Crippen LogP contribution in [0.1, 0.15) is 33.6 Å². The maximum Gasteiger partial charge on any atom is 0.0589 e. The van der Waals surface area contributed by atoms with E-state index in [1.807, 2.05) is 0 Å². The minimum Gasteiger partial charge on any atom is -0.383 e. The summed E-state index contributed by atoms with van der Waals surface area (Å²) in [6.07, 6.45) is 2.65. The summed E-state index contributed by atoms with van der Waals surface area (Å²) in [6.45, 7) is 12.3. The zero-order valence-electron chi connectivity index (χ0n) is 11.4. The van der Waals surface area contributed by atoms with Crippen molar-refractivity contribution in [2.45, 2.75) is 39.7 Å². The van der Waals surface area contributed by atoms with Crippen LogP contribution in [-0.2, 0) is 4.74 Å². The molecular weight excluding hydrogens is 200 g/mol. The SMILES string of the molecule is CCN(CCOC)CC1NCCCC1(C)C. The highest BCUT2D eigenvalue weighted by atomic mass is 16.5. The normalized spacial score (nSPS) is 24.9. The lowest BCUT2D eigenvalue weighted by Gasteiger charge is -2.41. The first-order valence-corrected chi connectivity index (χ1v) is 6.55. The van der Waals surface area contributed by atoms with Crippen LogP contribution in [0.4, 0.5) is 0 Å². The van der Waals surface area contributed by atoms with Crippen molar-refractivity contribution in [3.8, 4) is 0 Å². The quantitative estimate of drug-likeness (QED) is 0.749. The Morgan fingerprint density at radius 2 is 2.19 bits per heavy atom. The zero-order chi connectivity index (χ0) is 12.0. The molecule has 0 aromatic rings. The van der Waals surface area contributed by atoms with Crippen molar-refractivity contribution in [3.63, 3.8) is 0 Å². The van der Waals surface area contributed by atoms with Gasteiger partial charge in [-0.05, 0) is 31.3 Å². The first-order valence-electron chi connectivity index (χ1n) is 6.55. The van der Waals surface area contributed by atoms with Crippen molar-refractivity contribution in [1.82, 2.24) is 10.2 Å². The molecule has 1 atom stereocenters. The molecule has 3 nitrogen and oxygen atoms in total. The van der Waals surface area contributed by atoms with Crippen molar-refractivity contribution in [2.75, 3.05) is 39.9 Å². The third-order valence-corrected chi connectivity index (χ3v) is 3.83. The number of rotatable bonds is 6. The molecule has 0 saturated carbocycles. The van der Waals surface area contributed by atoms with E-state index in [1.165, 1.54) is 19.4 Å². The van der Waals surface area contributed by atoms with E-state index in [2.05, 4.69) is 31.0 Å². The molecule has 1 aliphatic heterocycles. The zero-order valence-corrected chi connectivity index (χ0v) is 11.4. The van der Waals surface area contributed by atoms with Crippen LogP contribution in [0.5, 0.6) is 0 Å². The molecule has 0 aromatic carbocycles. The van der Waals surface area contributed by atoms with Gasteiger partial charge in [-0.2, -0.15) is 0 Å². The summed E-state index contributed by atoms with van der Waals surface area (Å²) in [5, 5.41) is 3.67. The molecule has 0 bridgehead atoms. The molecule has 0 amide bonds. The second-order valence-corrected chi connectivity index (χ2v) is 5.48. The van der Waals surface area contributed by atoms with Crippen LogP contribution < -0.4 is 5.32 Å². The third-order valence-electron chi connectivity index (χ3n) is 3.83. The third kappa shape index (κ3) is 4.04. The molecule has 1 unspecified atom stereocenters. The lowest BCUT2D eigenvalue weighted by molar-refractivity contribution is 0.103. The van der Waals surface area contributed by atoms with Gasteiger partial charge in [0.2, 0.25) is 0 Å². The van der Waals surface area contributed by atoms with Gasteiger partial charge >= 0.3 is 0 Å². The highest BCUT2D eigenvalue weighted by molar-refractivity contribution is 4.90. The Kier molecular flexibility index (Phi) is 5.73. The van der Waals surface area contributed by atoms with Crippen LogP contribution in [0.2, 0.25) is 0 Å². The summed E-state index contributed by atoms with van der Waals surface area (Å²) in [5.41, 5.74) is 0.429. The summed E-state index contributed by atoms with van der Waals surface area (Å²) >= 11 is 0. The number of methoxy groups -OCH3 is 1. The fourth-order valence-electron chi connectivity index (χ4n) is 2.44. The topological polar surface area (TPSA) is 24.5 Å². The molecular formula is C13H28N2O. The van der Waals surface area contributed by atoms with E-state index >= 15 is 0 Å². The fraction of sp³-hybridized carbons (Fsp3) is 1.00. The van der Waals surface area contributed by atoms with Gasteiger partial charge in [0.15, 0.2) is 0 Å². The number of ether oxygens (including phenoxy) is 1. The molecule has 96 valence electrons. The molecule has 1 heterocycles. The smallest absolute Gasteiger partial charge is 0.0589 e. The van der Waals surface area contributed by atoms with Gasteiger partial charge in [-0.25, -0.2) is 0 Å². The molecule has 0 radical (unpaired) electrons. The first-order chi connectivity index (χ1) is 7.60. The molecule has 0 aliphatic carbocycles. The van der Waals surface area contributed by atoms with E-state index < -0.39 is 0 Å². The van der Waals surface area contributed by atoms with Crippen molar-refractivity contribution >= 4 is 0 Å². The van der Waals surface area contributed by atoms with Gasteiger partial charge in [0, 0.05) is 26.2 Å². The summed E-state index contributed by atoms with van der Waals surface area (Å²) in [5.74, 6) is 0. The van der Waals surface area contributed by atoms with E-state index in [4.69, 9.17) is 4.74 Å². The molecule has 0 spiro atoms. The van der Waals surface area contributed by atoms with E-state index in [0.29, 0.717) is 11.5 Å². The van der Waals surface area contributed by atoms with Crippen LogP contribution in [0.3, 0.4) is 0 Å². The molecule has 1 fully saturated rings. The van der Waals surface area contributed by atoms with E-state index in [9.17, 15) is 0 Å². The molecule has 3 heteroatoms. The van der Waals surface area contributed by atoms with Crippen molar-refractivity contribution in [1.29, 1.82) is 0 Å². The van der Waals surface area contributed by atoms with Gasteiger partial charge < -0.3 is 10.1 Å². The first kappa shape index (κ1) is 13.9.